The zero-order valence-corrected chi connectivity index (χ0v) is 12.3. The smallest absolute Gasteiger partial charge is 0.148 e. The Labute approximate surface area is 126 Å². The second kappa shape index (κ2) is 6.97. The molecular weight excluding hydrogens is 321 g/mol. The van der Waals surface area contributed by atoms with Gasteiger partial charge in [-0.05, 0) is 40.2 Å². The zero-order chi connectivity index (χ0) is 14.4. The van der Waals surface area contributed by atoms with Gasteiger partial charge in [-0.15, -0.1) is 6.42 Å². The van der Waals surface area contributed by atoms with E-state index in [1.54, 1.807) is 12.1 Å². The first kappa shape index (κ1) is 14.4. The van der Waals surface area contributed by atoms with E-state index in [1.165, 1.54) is 6.07 Å². The van der Waals surface area contributed by atoms with Crippen LogP contribution in [-0.4, -0.2) is 6.61 Å². The van der Waals surface area contributed by atoms with Crippen LogP contribution >= 0.6 is 15.9 Å². The predicted octanol–water partition coefficient (Wildman–Crippen LogP) is 4.21. The quantitative estimate of drug-likeness (QED) is 0.827. The molecule has 0 saturated heterocycles. The minimum atomic E-state index is -0.299. The highest BCUT2D eigenvalue weighted by molar-refractivity contribution is 9.10. The maximum absolute atomic E-state index is 13.4. The summed E-state index contributed by atoms with van der Waals surface area (Å²) < 4.78 is 19.3. The van der Waals surface area contributed by atoms with E-state index in [9.17, 15) is 4.39 Å². The zero-order valence-electron chi connectivity index (χ0n) is 10.7. The van der Waals surface area contributed by atoms with E-state index in [4.69, 9.17) is 11.2 Å². The summed E-state index contributed by atoms with van der Waals surface area (Å²) in [6, 6.07) is 12.5. The van der Waals surface area contributed by atoms with Crippen LogP contribution < -0.4 is 10.1 Å². The van der Waals surface area contributed by atoms with Crippen molar-refractivity contribution in [1.82, 2.24) is 0 Å². The molecule has 0 radical (unpaired) electrons. The monoisotopic (exact) mass is 333 g/mol. The summed E-state index contributed by atoms with van der Waals surface area (Å²) in [7, 11) is 0. The highest BCUT2D eigenvalue weighted by Gasteiger charge is 2.04. The van der Waals surface area contributed by atoms with Gasteiger partial charge in [-0.1, -0.05) is 24.1 Å². The van der Waals surface area contributed by atoms with E-state index in [0.717, 1.165) is 11.3 Å². The van der Waals surface area contributed by atoms with Crippen LogP contribution in [-0.2, 0) is 6.54 Å². The molecule has 0 aliphatic carbocycles. The van der Waals surface area contributed by atoms with Gasteiger partial charge in [0.15, 0.2) is 0 Å². The summed E-state index contributed by atoms with van der Waals surface area (Å²) in [6.07, 6.45) is 5.19. The van der Waals surface area contributed by atoms with Crippen LogP contribution in [0.25, 0.3) is 0 Å². The van der Waals surface area contributed by atoms with Gasteiger partial charge in [0, 0.05) is 17.8 Å². The van der Waals surface area contributed by atoms with Gasteiger partial charge in [-0.3, -0.25) is 0 Å². The average Bonchev–Trinajstić information content (AvgIpc) is 2.47. The Morgan fingerprint density at radius 1 is 1.25 bits per heavy atom. The minimum absolute atomic E-state index is 0.226. The standard InChI is InChI=1S/C16H13BrFNO/c1-2-9-20-16-6-4-3-5-12(16)11-19-13-7-8-14(17)15(18)10-13/h1,3-8,10,19H,9,11H2. The molecule has 102 valence electrons. The first-order valence-corrected chi connectivity index (χ1v) is 6.83. The molecule has 1 N–H and O–H groups in total. The van der Waals surface area contributed by atoms with Crippen molar-refractivity contribution in [2.24, 2.45) is 0 Å². The molecule has 0 amide bonds. The maximum Gasteiger partial charge on any atom is 0.148 e. The van der Waals surface area contributed by atoms with Crippen molar-refractivity contribution >= 4 is 21.6 Å². The number of hydrogen-bond acceptors (Lipinski definition) is 2. The molecule has 0 heterocycles. The van der Waals surface area contributed by atoms with Gasteiger partial charge in [0.25, 0.3) is 0 Å². The van der Waals surface area contributed by atoms with Crippen molar-refractivity contribution in [1.29, 1.82) is 0 Å². The normalized spacial score (nSPS) is 9.85. The molecule has 0 saturated carbocycles. The number of terminal acetylenes is 1. The number of para-hydroxylation sites is 1. The summed E-state index contributed by atoms with van der Waals surface area (Å²) in [5, 5.41) is 3.15. The predicted molar refractivity (Wildman–Crippen MR) is 82.2 cm³/mol. The number of halogens is 2. The molecule has 0 aromatic heterocycles. The topological polar surface area (TPSA) is 21.3 Å². The lowest BCUT2D eigenvalue weighted by Gasteiger charge is -2.11. The SMILES string of the molecule is C#CCOc1ccccc1CNc1ccc(Br)c(F)c1. The van der Waals surface area contributed by atoms with Crippen molar-refractivity contribution in [3.8, 4) is 18.1 Å². The summed E-state index contributed by atoms with van der Waals surface area (Å²) >= 11 is 3.12. The summed E-state index contributed by atoms with van der Waals surface area (Å²) in [5.74, 6) is 2.87. The van der Waals surface area contributed by atoms with E-state index in [-0.39, 0.29) is 12.4 Å². The highest BCUT2D eigenvalue weighted by Crippen LogP contribution is 2.22. The number of ether oxygens (including phenoxy) is 1. The van der Waals surface area contributed by atoms with E-state index in [2.05, 4.69) is 27.2 Å². The van der Waals surface area contributed by atoms with Crippen LogP contribution in [0, 0.1) is 18.2 Å². The Bertz CT molecular complexity index is 637. The number of benzene rings is 2. The van der Waals surface area contributed by atoms with Crippen LogP contribution in [0.15, 0.2) is 46.9 Å². The molecule has 20 heavy (non-hydrogen) atoms. The molecule has 0 aliphatic heterocycles. The molecule has 0 bridgehead atoms. The van der Waals surface area contributed by atoms with Gasteiger partial charge in [-0.2, -0.15) is 0 Å². The van der Waals surface area contributed by atoms with E-state index >= 15 is 0 Å². The van der Waals surface area contributed by atoms with Gasteiger partial charge in [0.05, 0.1) is 4.47 Å². The van der Waals surface area contributed by atoms with Crippen molar-refractivity contribution in [2.75, 3.05) is 11.9 Å². The first-order valence-electron chi connectivity index (χ1n) is 6.04. The third kappa shape index (κ3) is 3.75. The van der Waals surface area contributed by atoms with Crippen LogP contribution in [0.5, 0.6) is 5.75 Å². The van der Waals surface area contributed by atoms with Gasteiger partial charge >= 0.3 is 0 Å². The van der Waals surface area contributed by atoms with E-state index in [0.29, 0.717) is 16.7 Å². The lowest BCUT2D eigenvalue weighted by Crippen LogP contribution is -2.03. The number of rotatable bonds is 5. The Morgan fingerprint density at radius 3 is 2.80 bits per heavy atom. The fourth-order valence-electron chi connectivity index (χ4n) is 1.71. The fraction of sp³-hybridized carbons (Fsp3) is 0.125. The maximum atomic E-state index is 13.4. The molecule has 0 aliphatic rings. The largest absolute Gasteiger partial charge is 0.481 e. The van der Waals surface area contributed by atoms with Crippen molar-refractivity contribution in [3.05, 3.63) is 58.3 Å². The third-order valence-electron chi connectivity index (χ3n) is 2.69. The molecule has 0 unspecified atom stereocenters. The molecule has 0 atom stereocenters. The lowest BCUT2D eigenvalue weighted by molar-refractivity contribution is 0.366. The molecule has 4 heteroatoms. The molecule has 2 aromatic carbocycles. The summed E-state index contributed by atoms with van der Waals surface area (Å²) in [6.45, 7) is 0.756. The van der Waals surface area contributed by atoms with Crippen molar-refractivity contribution in [2.45, 2.75) is 6.54 Å². The van der Waals surface area contributed by atoms with Gasteiger partial charge < -0.3 is 10.1 Å². The Hall–Kier alpha value is -1.99. The lowest BCUT2D eigenvalue weighted by atomic mass is 10.2. The second-order valence-electron chi connectivity index (χ2n) is 4.08. The van der Waals surface area contributed by atoms with Crippen LogP contribution in [0.2, 0.25) is 0 Å². The average molecular weight is 334 g/mol. The Balaban J connectivity index is 2.06. The first-order chi connectivity index (χ1) is 9.70. The van der Waals surface area contributed by atoms with Gasteiger partial charge in [0.2, 0.25) is 0 Å². The number of nitrogens with one attached hydrogen (secondary N) is 1. The van der Waals surface area contributed by atoms with Gasteiger partial charge in [-0.25, -0.2) is 4.39 Å². The van der Waals surface area contributed by atoms with Crippen LogP contribution in [0.3, 0.4) is 0 Å². The highest BCUT2D eigenvalue weighted by atomic mass is 79.9. The van der Waals surface area contributed by atoms with Crippen molar-refractivity contribution in [3.63, 3.8) is 0 Å². The molecule has 0 spiro atoms. The minimum Gasteiger partial charge on any atom is -0.481 e. The fourth-order valence-corrected chi connectivity index (χ4v) is 1.96. The summed E-state index contributed by atoms with van der Waals surface area (Å²) in [5.41, 5.74) is 1.67. The second-order valence-corrected chi connectivity index (χ2v) is 4.94. The summed E-state index contributed by atoms with van der Waals surface area (Å²) in [4.78, 5) is 0. The molecule has 2 nitrogen and oxygen atoms in total. The Kier molecular flexibility index (Phi) is 5.03. The molecule has 0 fully saturated rings. The van der Waals surface area contributed by atoms with Crippen LogP contribution in [0.1, 0.15) is 5.56 Å². The molecular formula is C16H13BrFNO. The molecule has 2 rings (SSSR count). The van der Waals surface area contributed by atoms with Crippen LogP contribution in [0.4, 0.5) is 10.1 Å². The number of hydrogen-bond donors (Lipinski definition) is 1. The third-order valence-corrected chi connectivity index (χ3v) is 3.33. The van der Waals surface area contributed by atoms with Crippen molar-refractivity contribution < 1.29 is 9.13 Å². The van der Waals surface area contributed by atoms with Gasteiger partial charge in [0.1, 0.15) is 18.2 Å². The molecule has 2 aromatic rings. The van der Waals surface area contributed by atoms with E-state index < -0.39 is 0 Å². The Morgan fingerprint density at radius 2 is 2.05 bits per heavy atom. The number of anilines is 1. The van der Waals surface area contributed by atoms with E-state index in [1.807, 2.05) is 24.3 Å².